The number of carboxylic acid groups (broad SMARTS) is 1. The van der Waals surface area contributed by atoms with Crippen molar-refractivity contribution in [2.45, 2.75) is 0 Å². The fourth-order valence-corrected chi connectivity index (χ4v) is 2.25. The standard InChI is InChI=1S/C15H9BrN2O3/c16-11-3-1-10-8-12(4-2-9(10)7-11)21-14-6-5-13(15(19)20)17-18-14/h1-8H,(H,19,20). The highest BCUT2D eigenvalue weighted by Gasteiger charge is 2.06. The molecule has 0 spiro atoms. The maximum atomic E-state index is 10.7. The highest BCUT2D eigenvalue weighted by atomic mass is 79.9. The summed E-state index contributed by atoms with van der Waals surface area (Å²) in [5.41, 5.74) is -0.120. The van der Waals surface area contributed by atoms with Gasteiger partial charge in [-0.15, -0.1) is 10.2 Å². The van der Waals surface area contributed by atoms with Crippen LogP contribution in [0.25, 0.3) is 10.8 Å². The molecule has 6 heteroatoms. The number of ether oxygens (including phenoxy) is 1. The molecule has 21 heavy (non-hydrogen) atoms. The summed E-state index contributed by atoms with van der Waals surface area (Å²) in [4.78, 5) is 10.7. The molecule has 5 nitrogen and oxygen atoms in total. The van der Waals surface area contributed by atoms with E-state index >= 15 is 0 Å². The summed E-state index contributed by atoms with van der Waals surface area (Å²) < 4.78 is 6.59. The van der Waals surface area contributed by atoms with E-state index in [1.54, 1.807) is 0 Å². The van der Waals surface area contributed by atoms with Crippen molar-refractivity contribution in [3.05, 3.63) is 58.7 Å². The maximum Gasteiger partial charge on any atom is 0.356 e. The van der Waals surface area contributed by atoms with Gasteiger partial charge in [-0.1, -0.05) is 28.1 Å². The molecule has 0 saturated heterocycles. The highest BCUT2D eigenvalue weighted by molar-refractivity contribution is 9.10. The third-order valence-electron chi connectivity index (χ3n) is 2.86. The van der Waals surface area contributed by atoms with Crippen LogP contribution in [-0.2, 0) is 0 Å². The molecule has 1 N–H and O–H groups in total. The minimum atomic E-state index is -1.12. The van der Waals surface area contributed by atoms with Crippen molar-refractivity contribution in [3.63, 3.8) is 0 Å². The Labute approximate surface area is 128 Å². The minimum Gasteiger partial charge on any atom is -0.476 e. The number of benzene rings is 2. The topological polar surface area (TPSA) is 72.3 Å². The van der Waals surface area contributed by atoms with E-state index in [2.05, 4.69) is 26.1 Å². The molecule has 3 aromatic rings. The molecule has 0 bridgehead atoms. The molecule has 0 aliphatic rings. The zero-order valence-electron chi connectivity index (χ0n) is 10.7. The Hall–Kier alpha value is -2.47. The van der Waals surface area contributed by atoms with E-state index in [9.17, 15) is 4.79 Å². The molecule has 0 aliphatic heterocycles. The van der Waals surface area contributed by atoms with Crippen LogP contribution in [0.4, 0.5) is 0 Å². The van der Waals surface area contributed by atoms with Crippen molar-refractivity contribution in [2.75, 3.05) is 0 Å². The normalized spacial score (nSPS) is 10.5. The third kappa shape index (κ3) is 3.00. The van der Waals surface area contributed by atoms with Gasteiger partial charge >= 0.3 is 5.97 Å². The minimum absolute atomic E-state index is 0.120. The van der Waals surface area contributed by atoms with Crippen LogP contribution >= 0.6 is 15.9 Å². The van der Waals surface area contributed by atoms with Crippen LogP contribution in [0.2, 0.25) is 0 Å². The summed E-state index contributed by atoms with van der Waals surface area (Å²) in [6.45, 7) is 0. The fourth-order valence-electron chi connectivity index (χ4n) is 1.87. The quantitative estimate of drug-likeness (QED) is 0.780. The third-order valence-corrected chi connectivity index (χ3v) is 3.35. The van der Waals surface area contributed by atoms with Crippen LogP contribution in [0.3, 0.4) is 0 Å². The monoisotopic (exact) mass is 344 g/mol. The Morgan fingerprint density at radius 1 is 1.00 bits per heavy atom. The first kappa shape index (κ1) is 13.5. The Morgan fingerprint density at radius 2 is 1.76 bits per heavy atom. The number of rotatable bonds is 3. The molecule has 3 rings (SSSR count). The van der Waals surface area contributed by atoms with Gasteiger partial charge in [-0.2, -0.15) is 0 Å². The molecular weight excluding hydrogens is 336 g/mol. The van der Waals surface area contributed by atoms with Crippen LogP contribution in [0, 0.1) is 0 Å². The Balaban J connectivity index is 1.87. The van der Waals surface area contributed by atoms with Crippen molar-refractivity contribution >= 4 is 32.7 Å². The predicted molar refractivity (Wildman–Crippen MR) is 80.7 cm³/mol. The number of halogens is 1. The van der Waals surface area contributed by atoms with E-state index < -0.39 is 5.97 Å². The van der Waals surface area contributed by atoms with E-state index in [4.69, 9.17) is 9.84 Å². The van der Waals surface area contributed by atoms with Gasteiger partial charge in [-0.25, -0.2) is 4.79 Å². The van der Waals surface area contributed by atoms with Crippen LogP contribution < -0.4 is 4.74 Å². The van der Waals surface area contributed by atoms with Crippen molar-refractivity contribution in [1.29, 1.82) is 0 Å². The van der Waals surface area contributed by atoms with Crippen molar-refractivity contribution in [2.24, 2.45) is 0 Å². The van der Waals surface area contributed by atoms with Crippen LogP contribution in [0.5, 0.6) is 11.6 Å². The fraction of sp³-hybridized carbons (Fsp3) is 0. The molecule has 104 valence electrons. The highest BCUT2D eigenvalue weighted by Crippen LogP contribution is 2.26. The Morgan fingerprint density at radius 3 is 2.48 bits per heavy atom. The van der Waals surface area contributed by atoms with E-state index in [1.807, 2.05) is 36.4 Å². The lowest BCUT2D eigenvalue weighted by Gasteiger charge is -2.06. The first-order valence-corrected chi connectivity index (χ1v) is 6.85. The first-order valence-electron chi connectivity index (χ1n) is 6.06. The Kier molecular flexibility index (Phi) is 3.53. The van der Waals surface area contributed by atoms with Crippen molar-refractivity contribution < 1.29 is 14.6 Å². The lowest BCUT2D eigenvalue weighted by atomic mass is 10.1. The van der Waals surface area contributed by atoms with Crippen molar-refractivity contribution in [3.8, 4) is 11.6 Å². The Bertz CT molecular complexity index is 819. The molecule has 0 fully saturated rings. The van der Waals surface area contributed by atoms with E-state index in [-0.39, 0.29) is 11.6 Å². The second-order valence-corrected chi connectivity index (χ2v) is 5.23. The van der Waals surface area contributed by atoms with Crippen LogP contribution in [-0.4, -0.2) is 21.3 Å². The van der Waals surface area contributed by atoms with Gasteiger partial charge in [0.2, 0.25) is 5.88 Å². The molecule has 0 unspecified atom stereocenters. The molecule has 1 heterocycles. The zero-order chi connectivity index (χ0) is 14.8. The first-order chi connectivity index (χ1) is 10.1. The number of fused-ring (bicyclic) bond motifs is 1. The van der Waals surface area contributed by atoms with Gasteiger partial charge in [0.1, 0.15) is 5.75 Å². The summed E-state index contributed by atoms with van der Waals surface area (Å²) in [7, 11) is 0. The molecule has 0 saturated carbocycles. The molecule has 1 aromatic heterocycles. The van der Waals surface area contributed by atoms with Crippen LogP contribution in [0.15, 0.2) is 53.0 Å². The SMILES string of the molecule is O=C(O)c1ccc(Oc2ccc3cc(Br)ccc3c2)nn1. The summed E-state index contributed by atoms with van der Waals surface area (Å²) in [6.07, 6.45) is 0. The second-order valence-electron chi connectivity index (χ2n) is 4.32. The number of carbonyl (C=O) groups is 1. The lowest BCUT2D eigenvalue weighted by molar-refractivity contribution is 0.0689. The van der Waals surface area contributed by atoms with Crippen LogP contribution in [0.1, 0.15) is 10.5 Å². The summed E-state index contributed by atoms with van der Waals surface area (Å²) >= 11 is 3.43. The van der Waals surface area contributed by atoms with Crippen molar-refractivity contribution in [1.82, 2.24) is 10.2 Å². The van der Waals surface area contributed by atoms with E-state index in [0.717, 1.165) is 15.2 Å². The average Bonchev–Trinajstić information content (AvgIpc) is 2.48. The number of carboxylic acids is 1. The van der Waals surface area contributed by atoms with Gasteiger partial charge in [0.05, 0.1) is 0 Å². The largest absolute Gasteiger partial charge is 0.476 e. The predicted octanol–water partition coefficient (Wildman–Crippen LogP) is 3.88. The van der Waals surface area contributed by atoms with Gasteiger partial charge in [-0.05, 0) is 41.1 Å². The second kappa shape index (κ2) is 5.49. The lowest BCUT2D eigenvalue weighted by Crippen LogP contribution is -2.02. The van der Waals surface area contributed by atoms with Gasteiger partial charge in [0.15, 0.2) is 5.69 Å². The summed E-state index contributed by atoms with van der Waals surface area (Å²) in [6, 6.07) is 14.4. The summed E-state index contributed by atoms with van der Waals surface area (Å²) in [5, 5.41) is 18.2. The molecule has 0 radical (unpaired) electrons. The molecule has 0 atom stereocenters. The van der Waals surface area contributed by atoms with Gasteiger partial charge < -0.3 is 9.84 Å². The maximum absolute atomic E-state index is 10.7. The number of aromatic nitrogens is 2. The van der Waals surface area contributed by atoms with Gasteiger partial charge in [0.25, 0.3) is 0 Å². The number of hydrogen-bond acceptors (Lipinski definition) is 4. The molecule has 2 aromatic carbocycles. The zero-order valence-corrected chi connectivity index (χ0v) is 12.2. The van der Waals surface area contributed by atoms with Gasteiger partial charge in [-0.3, -0.25) is 0 Å². The molecule has 0 aliphatic carbocycles. The molecule has 0 amide bonds. The number of hydrogen-bond donors (Lipinski definition) is 1. The summed E-state index contributed by atoms with van der Waals surface area (Å²) in [5.74, 6) is -0.260. The average molecular weight is 345 g/mol. The molecular formula is C15H9BrN2O3. The van der Waals surface area contributed by atoms with E-state index in [0.29, 0.717) is 5.75 Å². The number of aromatic carboxylic acids is 1. The number of nitrogens with zero attached hydrogens (tertiary/aromatic N) is 2. The van der Waals surface area contributed by atoms with Gasteiger partial charge in [0, 0.05) is 10.5 Å². The smallest absolute Gasteiger partial charge is 0.356 e. The van der Waals surface area contributed by atoms with E-state index in [1.165, 1.54) is 12.1 Å².